The van der Waals surface area contributed by atoms with Crippen LogP contribution in [0.3, 0.4) is 0 Å². The summed E-state index contributed by atoms with van der Waals surface area (Å²) in [6.07, 6.45) is 0. The average Bonchev–Trinajstić information content (AvgIpc) is 2.58. The molecule has 0 amide bonds. The summed E-state index contributed by atoms with van der Waals surface area (Å²) in [6, 6.07) is 1.15. The van der Waals surface area contributed by atoms with Gasteiger partial charge in [0.05, 0.1) is 4.60 Å². The van der Waals surface area contributed by atoms with Crippen molar-refractivity contribution in [1.29, 1.82) is 0 Å². The zero-order valence-corrected chi connectivity index (χ0v) is 8.66. The highest BCUT2D eigenvalue weighted by atomic mass is 79.9. The van der Waals surface area contributed by atoms with Crippen LogP contribution in [0.2, 0.25) is 0 Å². The van der Waals surface area contributed by atoms with E-state index in [-0.39, 0.29) is 11.5 Å². The highest BCUT2D eigenvalue weighted by Gasteiger charge is 2.13. The van der Waals surface area contributed by atoms with Crippen LogP contribution in [0, 0.1) is 0 Å². The molecule has 0 bridgehead atoms. The molecule has 7 nitrogen and oxygen atoms in total. The molecular formula is C7H4BrN3O4. The number of pyridine rings is 1. The van der Waals surface area contributed by atoms with Crippen molar-refractivity contribution in [2.45, 2.75) is 0 Å². The maximum Gasteiger partial charge on any atom is 0.439 e. The Morgan fingerprint density at radius 3 is 2.73 bits per heavy atom. The summed E-state index contributed by atoms with van der Waals surface area (Å²) in [4.78, 5) is 26.7. The standard InChI is InChI=1S/C7H4BrN3O4/c8-3-1-2(12)5(13)4(9-3)6-10-7(14)15-11-6/h1,13H,(H,9,12)(H,10,11,14). The number of nitrogens with zero attached hydrogens (tertiary/aromatic N) is 1. The Hall–Kier alpha value is -1.83. The van der Waals surface area contributed by atoms with E-state index >= 15 is 0 Å². The number of aromatic amines is 2. The molecule has 78 valence electrons. The van der Waals surface area contributed by atoms with Gasteiger partial charge in [-0.2, -0.15) is 0 Å². The first-order valence-corrected chi connectivity index (χ1v) is 4.55. The van der Waals surface area contributed by atoms with Crippen LogP contribution < -0.4 is 11.2 Å². The molecule has 0 radical (unpaired) electrons. The molecule has 0 fully saturated rings. The third-order valence-corrected chi connectivity index (χ3v) is 2.08. The number of halogens is 1. The van der Waals surface area contributed by atoms with Gasteiger partial charge in [-0.05, 0) is 15.9 Å². The van der Waals surface area contributed by atoms with E-state index in [1.807, 2.05) is 0 Å². The van der Waals surface area contributed by atoms with Crippen LogP contribution in [0.4, 0.5) is 0 Å². The van der Waals surface area contributed by atoms with Crippen LogP contribution >= 0.6 is 15.9 Å². The summed E-state index contributed by atoms with van der Waals surface area (Å²) in [5, 5.41) is 12.8. The molecule has 0 aliphatic rings. The van der Waals surface area contributed by atoms with Crippen molar-refractivity contribution >= 4 is 15.9 Å². The predicted octanol–water partition coefficient (Wildman–Crippen LogP) is 0.186. The van der Waals surface area contributed by atoms with Gasteiger partial charge in [-0.3, -0.25) is 14.3 Å². The smallest absolute Gasteiger partial charge is 0.439 e. The summed E-state index contributed by atoms with van der Waals surface area (Å²) < 4.78 is 4.60. The Bertz CT molecular complexity index is 611. The molecule has 2 heterocycles. The zero-order valence-electron chi connectivity index (χ0n) is 7.07. The van der Waals surface area contributed by atoms with Crippen molar-refractivity contribution in [2.75, 3.05) is 0 Å². The van der Waals surface area contributed by atoms with Crippen LogP contribution in [0.15, 0.2) is 24.8 Å². The minimum absolute atomic E-state index is 0.0137. The molecule has 2 aromatic heterocycles. The second-order valence-electron chi connectivity index (χ2n) is 2.65. The van der Waals surface area contributed by atoms with Gasteiger partial charge >= 0.3 is 5.76 Å². The summed E-state index contributed by atoms with van der Waals surface area (Å²) in [5.41, 5.74) is -0.611. The number of hydrogen-bond donors (Lipinski definition) is 3. The largest absolute Gasteiger partial charge is 0.503 e. The third kappa shape index (κ3) is 1.71. The van der Waals surface area contributed by atoms with Gasteiger partial charge in [0, 0.05) is 6.07 Å². The molecule has 8 heteroatoms. The lowest BCUT2D eigenvalue weighted by Gasteiger charge is -1.99. The van der Waals surface area contributed by atoms with Gasteiger partial charge in [-0.1, -0.05) is 5.16 Å². The van der Waals surface area contributed by atoms with Gasteiger partial charge < -0.3 is 10.1 Å². The second-order valence-corrected chi connectivity index (χ2v) is 3.50. The first-order chi connectivity index (χ1) is 7.08. The number of H-pyrrole nitrogens is 2. The molecular weight excluding hydrogens is 270 g/mol. The van der Waals surface area contributed by atoms with E-state index in [0.717, 1.165) is 6.07 Å². The van der Waals surface area contributed by atoms with Gasteiger partial charge in [-0.15, -0.1) is 0 Å². The maximum absolute atomic E-state index is 11.2. The van der Waals surface area contributed by atoms with Crippen molar-refractivity contribution in [1.82, 2.24) is 15.1 Å². The minimum Gasteiger partial charge on any atom is -0.503 e. The molecule has 0 aliphatic heterocycles. The molecule has 0 saturated heterocycles. The molecule has 2 rings (SSSR count). The number of hydrogen-bond acceptors (Lipinski definition) is 5. The van der Waals surface area contributed by atoms with Crippen molar-refractivity contribution in [3.05, 3.63) is 31.4 Å². The van der Waals surface area contributed by atoms with E-state index in [9.17, 15) is 14.7 Å². The minimum atomic E-state index is -0.773. The lowest BCUT2D eigenvalue weighted by Crippen LogP contribution is -2.04. The molecule has 0 unspecified atom stereocenters. The number of aromatic hydroxyl groups is 1. The highest BCUT2D eigenvalue weighted by Crippen LogP contribution is 2.21. The lowest BCUT2D eigenvalue weighted by molar-refractivity contribution is 0.387. The maximum atomic E-state index is 11.2. The van der Waals surface area contributed by atoms with Gasteiger partial charge in [0.15, 0.2) is 5.75 Å². The molecule has 0 aliphatic carbocycles. The van der Waals surface area contributed by atoms with Gasteiger partial charge in [0.2, 0.25) is 11.3 Å². The quantitative estimate of drug-likeness (QED) is 0.642. The SMILES string of the molecule is O=c1[nH]c(-c2[nH]c(Br)cc(=O)c2O)no1. The monoisotopic (exact) mass is 273 g/mol. The van der Waals surface area contributed by atoms with Crippen LogP contribution in [-0.4, -0.2) is 20.2 Å². The van der Waals surface area contributed by atoms with Gasteiger partial charge in [-0.25, -0.2) is 4.79 Å². The fourth-order valence-electron chi connectivity index (χ4n) is 1.03. The zero-order chi connectivity index (χ0) is 11.0. The van der Waals surface area contributed by atoms with Crippen molar-refractivity contribution in [3.63, 3.8) is 0 Å². The predicted molar refractivity (Wildman–Crippen MR) is 52.5 cm³/mol. The van der Waals surface area contributed by atoms with Crippen LogP contribution in [0.5, 0.6) is 5.75 Å². The molecule has 15 heavy (non-hydrogen) atoms. The topological polar surface area (TPSA) is 112 Å². The summed E-state index contributed by atoms with van der Waals surface area (Å²) >= 11 is 3.03. The first-order valence-electron chi connectivity index (χ1n) is 3.76. The highest BCUT2D eigenvalue weighted by molar-refractivity contribution is 9.10. The Kier molecular flexibility index (Phi) is 2.19. The number of nitrogens with one attached hydrogen (secondary N) is 2. The van der Waals surface area contributed by atoms with Crippen molar-refractivity contribution in [3.8, 4) is 17.3 Å². The summed E-state index contributed by atoms with van der Waals surface area (Å²) in [6.45, 7) is 0. The van der Waals surface area contributed by atoms with Crippen molar-refractivity contribution in [2.24, 2.45) is 0 Å². The van der Waals surface area contributed by atoms with Crippen LogP contribution in [0.25, 0.3) is 11.5 Å². The first kappa shape index (κ1) is 9.71. The summed E-state index contributed by atoms with van der Waals surface area (Å²) in [7, 11) is 0. The molecule has 0 saturated carbocycles. The third-order valence-electron chi connectivity index (χ3n) is 1.65. The van der Waals surface area contributed by atoms with E-state index in [2.05, 4.69) is 35.6 Å². The fraction of sp³-hybridized carbons (Fsp3) is 0. The number of aromatic nitrogens is 3. The van der Waals surface area contributed by atoms with Crippen LogP contribution in [-0.2, 0) is 0 Å². The molecule has 0 atom stereocenters. The Morgan fingerprint density at radius 2 is 2.13 bits per heavy atom. The molecule has 2 aromatic rings. The second kappa shape index (κ2) is 3.39. The van der Waals surface area contributed by atoms with E-state index in [1.165, 1.54) is 0 Å². The Labute approximate surface area is 89.9 Å². The van der Waals surface area contributed by atoms with Gasteiger partial charge in [0.25, 0.3) is 0 Å². The fourth-order valence-corrected chi connectivity index (χ4v) is 1.44. The Morgan fingerprint density at radius 1 is 1.40 bits per heavy atom. The van der Waals surface area contributed by atoms with E-state index in [0.29, 0.717) is 4.60 Å². The molecule has 0 aromatic carbocycles. The van der Waals surface area contributed by atoms with E-state index in [1.54, 1.807) is 0 Å². The average molecular weight is 274 g/mol. The molecule has 3 N–H and O–H groups in total. The van der Waals surface area contributed by atoms with E-state index < -0.39 is 16.9 Å². The normalized spacial score (nSPS) is 10.5. The molecule has 0 spiro atoms. The number of rotatable bonds is 1. The van der Waals surface area contributed by atoms with E-state index in [4.69, 9.17) is 0 Å². The summed E-state index contributed by atoms with van der Waals surface area (Å²) in [5.74, 6) is -1.36. The van der Waals surface area contributed by atoms with Crippen molar-refractivity contribution < 1.29 is 9.63 Å². The van der Waals surface area contributed by atoms with Gasteiger partial charge in [0.1, 0.15) is 5.69 Å². The Balaban J connectivity index is 2.72. The van der Waals surface area contributed by atoms with Crippen LogP contribution in [0.1, 0.15) is 0 Å². The lowest BCUT2D eigenvalue weighted by atomic mass is 10.3.